The van der Waals surface area contributed by atoms with Gasteiger partial charge < -0.3 is 9.47 Å². The molecule has 0 spiro atoms. The van der Waals surface area contributed by atoms with E-state index >= 15 is 0 Å². The lowest BCUT2D eigenvalue weighted by Crippen LogP contribution is -2.34. The molecule has 1 aliphatic rings. The van der Waals surface area contributed by atoms with Gasteiger partial charge in [0.05, 0.1) is 7.11 Å². The summed E-state index contributed by atoms with van der Waals surface area (Å²) in [6, 6.07) is 0. The standard InChI is InChI=1S/C11H18O2.C5H8O2/c1-9(2)10(12)13-11(3)7-5-4-6-8-11;1-4(2)5(6)7-3/h1,4-8H2,2-3H3;1H2,2-3H3. The van der Waals surface area contributed by atoms with Crippen LogP contribution in [0.2, 0.25) is 0 Å². The highest BCUT2D eigenvalue weighted by Crippen LogP contribution is 2.31. The van der Waals surface area contributed by atoms with Crippen molar-refractivity contribution in [2.24, 2.45) is 0 Å². The average molecular weight is 282 g/mol. The smallest absolute Gasteiger partial charge is 0.333 e. The van der Waals surface area contributed by atoms with Crippen molar-refractivity contribution in [1.82, 2.24) is 0 Å². The quantitative estimate of drug-likeness (QED) is 0.586. The van der Waals surface area contributed by atoms with E-state index in [1.807, 2.05) is 6.92 Å². The lowest BCUT2D eigenvalue weighted by Gasteiger charge is -2.33. The maximum Gasteiger partial charge on any atom is 0.333 e. The molecule has 0 aromatic carbocycles. The molecule has 0 N–H and O–H groups in total. The number of hydrogen-bond donors (Lipinski definition) is 0. The van der Waals surface area contributed by atoms with Crippen LogP contribution < -0.4 is 0 Å². The number of carbonyl (C=O) groups excluding carboxylic acids is 2. The van der Waals surface area contributed by atoms with E-state index in [1.165, 1.54) is 26.4 Å². The Balaban J connectivity index is 0.000000441. The molecule has 0 radical (unpaired) electrons. The molecule has 0 unspecified atom stereocenters. The molecule has 0 aliphatic heterocycles. The van der Waals surface area contributed by atoms with Crippen LogP contribution in [0.15, 0.2) is 24.3 Å². The second-order valence-electron chi connectivity index (χ2n) is 5.45. The van der Waals surface area contributed by atoms with E-state index in [-0.39, 0.29) is 17.5 Å². The Morgan fingerprint density at radius 2 is 1.40 bits per heavy atom. The summed E-state index contributed by atoms with van der Waals surface area (Å²) in [4.78, 5) is 21.5. The van der Waals surface area contributed by atoms with Gasteiger partial charge in [0, 0.05) is 11.1 Å². The molecule has 0 heterocycles. The van der Waals surface area contributed by atoms with Crippen LogP contribution in [-0.4, -0.2) is 24.6 Å². The molecular formula is C16H26O4. The Hall–Kier alpha value is -1.58. The maximum atomic E-state index is 11.3. The fraction of sp³-hybridized carbons (Fsp3) is 0.625. The predicted molar refractivity (Wildman–Crippen MR) is 79.2 cm³/mol. The van der Waals surface area contributed by atoms with Gasteiger partial charge in [-0.25, -0.2) is 9.59 Å². The third-order valence-electron chi connectivity index (χ3n) is 3.13. The van der Waals surface area contributed by atoms with Gasteiger partial charge in [-0.1, -0.05) is 19.6 Å². The molecule has 0 bridgehead atoms. The van der Waals surface area contributed by atoms with E-state index in [1.54, 1.807) is 13.8 Å². The normalized spacial score (nSPS) is 16.2. The molecular weight excluding hydrogens is 256 g/mol. The van der Waals surface area contributed by atoms with Crippen LogP contribution >= 0.6 is 0 Å². The number of methoxy groups -OCH3 is 1. The summed E-state index contributed by atoms with van der Waals surface area (Å²) in [5, 5.41) is 0. The van der Waals surface area contributed by atoms with Gasteiger partial charge in [0.15, 0.2) is 0 Å². The van der Waals surface area contributed by atoms with Crippen LogP contribution in [0.4, 0.5) is 0 Å². The SMILES string of the molecule is C=C(C)C(=O)OC.C=C(C)C(=O)OC1(C)CCCCC1. The van der Waals surface area contributed by atoms with Gasteiger partial charge in [-0.15, -0.1) is 0 Å². The molecule has 0 aromatic rings. The van der Waals surface area contributed by atoms with Gasteiger partial charge >= 0.3 is 11.9 Å². The number of rotatable bonds is 3. The molecule has 1 aliphatic carbocycles. The van der Waals surface area contributed by atoms with Crippen LogP contribution in [0, 0.1) is 0 Å². The summed E-state index contributed by atoms with van der Waals surface area (Å²) in [7, 11) is 1.33. The van der Waals surface area contributed by atoms with Gasteiger partial charge in [0.25, 0.3) is 0 Å². The molecule has 0 aromatic heterocycles. The highest BCUT2D eigenvalue weighted by atomic mass is 16.6. The van der Waals surface area contributed by atoms with Crippen molar-refractivity contribution in [2.45, 2.75) is 58.5 Å². The minimum Gasteiger partial charge on any atom is -0.466 e. The summed E-state index contributed by atoms with van der Waals surface area (Å²) in [5.74, 6) is -0.593. The van der Waals surface area contributed by atoms with Gasteiger partial charge in [0.1, 0.15) is 5.60 Å². The second-order valence-corrected chi connectivity index (χ2v) is 5.45. The molecule has 4 nitrogen and oxygen atoms in total. The second kappa shape index (κ2) is 8.56. The first kappa shape index (κ1) is 18.4. The fourth-order valence-corrected chi connectivity index (χ4v) is 1.89. The summed E-state index contributed by atoms with van der Waals surface area (Å²) >= 11 is 0. The topological polar surface area (TPSA) is 52.6 Å². The Labute approximate surface area is 121 Å². The first-order valence-corrected chi connectivity index (χ1v) is 6.84. The van der Waals surface area contributed by atoms with Gasteiger partial charge in [-0.05, 0) is 46.5 Å². The van der Waals surface area contributed by atoms with Crippen LogP contribution in [0.1, 0.15) is 52.9 Å². The van der Waals surface area contributed by atoms with Crippen molar-refractivity contribution in [3.8, 4) is 0 Å². The highest BCUT2D eigenvalue weighted by Gasteiger charge is 2.30. The summed E-state index contributed by atoms with van der Waals surface area (Å²) in [6.07, 6.45) is 5.58. The number of ether oxygens (including phenoxy) is 2. The van der Waals surface area contributed by atoms with Gasteiger partial charge in [-0.2, -0.15) is 0 Å². The molecule has 4 heteroatoms. The zero-order valence-corrected chi connectivity index (χ0v) is 13.1. The van der Waals surface area contributed by atoms with Gasteiger partial charge in [0.2, 0.25) is 0 Å². The Morgan fingerprint density at radius 3 is 1.70 bits per heavy atom. The van der Waals surface area contributed by atoms with Crippen molar-refractivity contribution in [2.75, 3.05) is 7.11 Å². The summed E-state index contributed by atoms with van der Waals surface area (Å²) in [5.41, 5.74) is 0.697. The molecule has 1 rings (SSSR count). The lowest BCUT2D eigenvalue weighted by molar-refractivity contribution is -0.156. The summed E-state index contributed by atoms with van der Waals surface area (Å²) < 4.78 is 9.67. The Kier molecular flexibility index (Phi) is 7.89. The van der Waals surface area contributed by atoms with E-state index < -0.39 is 0 Å². The number of esters is 2. The molecule has 0 amide bonds. The molecule has 20 heavy (non-hydrogen) atoms. The van der Waals surface area contributed by atoms with Crippen molar-refractivity contribution in [3.05, 3.63) is 24.3 Å². The van der Waals surface area contributed by atoms with Crippen molar-refractivity contribution in [1.29, 1.82) is 0 Å². The Bertz CT molecular complexity index is 376. The van der Waals surface area contributed by atoms with Crippen molar-refractivity contribution in [3.63, 3.8) is 0 Å². The predicted octanol–water partition coefficient (Wildman–Crippen LogP) is 3.56. The fourth-order valence-electron chi connectivity index (χ4n) is 1.89. The van der Waals surface area contributed by atoms with E-state index in [0.29, 0.717) is 11.1 Å². The lowest BCUT2D eigenvalue weighted by atomic mass is 9.86. The molecule has 1 fully saturated rings. The number of carbonyl (C=O) groups is 2. The number of hydrogen-bond acceptors (Lipinski definition) is 4. The first-order valence-electron chi connectivity index (χ1n) is 6.84. The summed E-state index contributed by atoms with van der Waals surface area (Å²) in [6.45, 7) is 12.2. The highest BCUT2D eigenvalue weighted by molar-refractivity contribution is 5.87. The average Bonchev–Trinajstić information content (AvgIpc) is 2.38. The van der Waals surface area contributed by atoms with Crippen molar-refractivity contribution >= 4 is 11.9 Å². The van der Waals surface area contributed by atoms with Crippen molar-refractivity contribution < 1.29 is 19.1 Å². The van der Waals surface area contributed by atoms with E-state index in [4.69, 9.17) is 4.74 Å². The van der Waals surface area contributed by atoms with E-state index in [9.17, 15) is 9.59 Å². The molecule has 114 valence electrons. The van der Waals surface area contributed by atoms with Crippen LogP contribution in [0.3, 0.4) is 0 Å². The first-order chi connectivity index (χ1) is 9.22. The Morgan fingerprint density at radius 1 is 0.950 bits per heavy atom. The molecule has 0 saturated heterocycles. The zero-order chi connectivity index (χ0) is 15.8. The monoisotopic (exact) mass is 282 g/mol. The van der Waals surface area contributed by atoms with E-state index in [0.717, 1.165) is 12.8 Å². The minimum absolute atomic E-state index is 0.228. The minimum atomic E-state index is -0.347. The third kappa shape index (κ3) is 7.12. The largest absolute Gasteiger partial charge is 0.466 e. The van der Waals surface area contributed by atoms with Gasteiger partial charge in [-0.3, -0.25) is 0 Å². The van der Waals surface area contributed by atoms with Crippen LogP contribution in [0.25, 0.3) is 0 Å². The molecule has 1 saturated carbocycles. The third-order valence-corrected chi connectivity index (χ3v) is 3.13. The van der Waals surface area contributed by atoms with Crippen LogP contribution in [0.5, 0.6) is 0 Å². The maximum absolute atomic E-state index is 11.3. The zero-order valence-electron chi connectivity index (χ0n) is 13.1. The van der Waals surface area contributed by atoms with E-state index in [2.05, 4.69) is 17.9 Å². The molecule has 0 atom stereocenters. The van der Waals surface area contributed by atoms with Crippen LogP contribution in [-0.2, 0) is 19.1 Å².